The van der Waals surface area contributed by atoms with Gasteiger partial charge in [-0.2, -0.15) is 5.10 Å². The van der Waals surface area contributed by atoms with Gasteiger partial charge in [-0.25, -0.2) is 9.07 Å². The standard InChI is InChI=1S/C19H17FN4O3/c1-12(2)21-19(25)18-11-17(15-5-3-4-6-16(15)20)22-23(18)13-7-9-14(10-8-13)24(26)27/h3-12H,1-2H3,(H,21,25). The fourth-order valence-corrected chi connectivity index (χ4v) is 2.59. The van der Waals surface area contributed by atoms with Gasteiger partial charge in [0.1, 0.15) is 11.5 Å². The summed E-state index contributed by atoms with van der Waals surface area (Å²) in [5.41, 5.74) is 1.14. The van der Waals surface area contributed by atoms with Crippen LogP contribution >= 0.6 is 0 Å². The van der Waals surface area contributed by atoms with E-state index < -0.39 is 10.7 Å². The molecule has 7 nitrogen and oxygen atoms in total. The Morgan fingerprint density at radius 3 is 2.44 bits per heavy atom. The van der Waals surface area contributed by atoms with Gasteiger partial charge in [-0.15, -0.1) is 0 Å². The summed E-state index contributed by atoms with van der Waals surface area (Å²) < 4.78 is 15.5. The smallest absolute Gasteiger partial charge is 0.270 e. The summed E-state index contributed by atoms with van der Waals surface area (Å²) in [4.78, 5) is 22.9. The fraction of sp³-hybridized carbons (Fsp3) is 0.158. The molecule has 0 aliphatic heterocycles. The summed E-state index contributed by atoms with van der Waals surface area (Å²) in [5.74, 6) is -0.833. The molecule has 138 valence electrons. The van der Waals surface area contributed by atoms with E-state index in [0.717, 1.165) is 0 Å². The number of carbonyl (C=O) groups is 1. The van der Waals surface area contributed by atoms with Crippen molar-refractivity contribution >= 4 is 11.6 Å². The van der Waals surface area contributed by atoms with Crippen molar-refractivity contribution in [1.29, 1.82) is 0 Å². The van der Waals surface area contributed by atoms with Crippen molar-refractivity contribution in [3.05, 3.63) is 76.2 Å². The van der Waals surface area contributed by atoms with Crippen LogP contribution in [0.3, 0.4) is 0 Å². The van der Waals surface area contributed by atoms with Gasteiger partial charge < -0.3 is 5.32 Å². The van der Waals surface area contributed by atoms with E-state index >= 15 is 0 Å². The van der Waals surface area contributed by atoms with E-state index in [9.17, 15) is 19.3 Å². The van der Waals surface area contributed by atoms with E-state index in [1.54, 1.807) is 18.2 Å². The van der Waals surface area contributed by atoms with Crippen molar-refractivity contribution in [3.63, 3.8) is 0 Å². The number of nitrogens with zero attached hydrogens (tertiary/aromatic N) is 3. The van der Waals surface area contributed by atoms with Crippen LogP contribution in [0.4, 0.5) is 10.1 Å². The van der Waals surface area contributed by atoms with Crippen molar-refractivity contribution in [2.24, 2.45) is 0 Å². The third kappa shape index (κ3) is 3.84. The topological polar surface area (TPSA) is 90.1 Å². The summed E-state index contributed by atoms with van der Waals surface area (Å²) in [6.07, 6.45) is 0. The number of amides is 1. The molecule has 1 N–H and O–H groups in total. The van der Waals surface area contributed by atoms with E-state index in [4.69, 9.17) is 0 Å². The Kier molecular flexibility index (Phi) is 4.98. The van der Waals surface area contributed by atoms with Gasteiger partial charge in [0.25, 0.3) is 11.6 Å². The van der Waals surface area contributed by atoms with Crippen LogP contribution in [0, 0.1) is 15.9 Å². The molecule has 0 radical (unpaired) electrons. The minimum Gasteiger partial charge on any atom is -0.349 e. The first-order valence-electron chi connectivity index (χ1n) is 8.27. The lowest BCUT2D eigenvalue weighted by Gasteiger charge is -2.10. The number of hydrogen-bond donors (Lipinski definition) is 1. The fourth-order valence-electron chi connectivity index (χ4n) is 2.59. The van der Waals surface area contributed by atoms with Gasteiger partial charge in [-0.3, -0.25) is 14.9 Å². The molecule has 2 aromatic carbocycles. The zero-order chi connectivity index (χ0) is 19.6. The summed E-state index contributed by atoms with van der Waals surface area (Å²) >= 11 is 0. The lowest BCUT2D eigenvalue weighted by molar-refractivity contribution is -0.384. The molecule has 0 saturated heterocycles. The number of nitro benzene ring substituents is 1. The Hall–Kier alpha value is -3.55. The number of nitrogens with one attached hydrogen (secondary N) is 1. The summed E-state index contributed by atoms with van der Waals surface area (Å²) in [6.45, 7) is 3.64. The average Bonchev–Trinajstić information content (AvgIpc) is 3.07. The first-order valence-corrected chi connectivity index (χ1v) is 8.27. The second-order valence-electron chi connectivity index (χ2n) is 6.21. The van der Waals surface area contributed by atoms with Crippen LogP contribution in [0.15, 0.2) is 54.6 Å². The molecule has 0 bridgehead atoms. The molecule has 0 atom stereocenters. The summed E-state index contributed by atoms with van der Waals surface area (Å²) in [5, 5.41) is 18.0. The van der Waals surface area contributed by atoms with E-state index in [1.807, 2.05) is 13.8 Å². The van der Waals surface area contributed by atoms with E-state index in [-0.39, 0.29) is 28.9 Å². The molecule has 0 spiro atoms. The number of hydrogen-bond acceptors (Lipinski definition) is 4. The highest BCUT2D eigenvalue weighted by molar-refractivity contribution is 5.94. The number of benzene rings is 2. The van der Waals surface area contributed by atoms with Crippen molar-refractivity contribution in [2.75, 3.05) is 0 Å². The number of carbonyl (C=O) groups excluding carboxylic acids is 1. The van der Waals surface area contributed by atoms with Gasteiger partial charge in [-0.1, -0.05) is 12.1 Å². The van der Waals surface area contributed by atoms with Crippen LogP contribution in [0.1, 0.15) is 24.3 Å². The zero-order valence-electron chi connectivity index (χ0n) is 14.7. The molecule has 3 aromatic rings. The molecule has 3 rings (SSSR count). The van der Waals surface area contributed by atoms with Crippen LogP contribution in [0.5, 0.6) is 0 Å². The maximum atomic E-state index is 14.1. The summed E-state index contributed by atoms with van der Waals surface area (Å²) in [6, 6.07) is 13.1. The number of rotatable bonds is 5. The largest absolute Gasteiger partial charge is 0.349 e. The Morgan fingerprint density at radius 1 is 1.19 bits per heavy atom. The molecule has 0 saturated carbocycles. The van der Waals surface area contributed by atoms with E-state index in [0.29, 0.717) is 11.4 Å². The monoisotopic (exact) mass is 368 g/mol. The maximum absolute atomic E-state index is 14.1. The van der Waals surface area contributed by atoms with Gasteiger partial charge >= 0.3 is 0 Å². The third-order valence-electron chi connectivity index (χ3n) is 3.82. The molecular formula is C19H17FN4O3. The lowest BCUT2D eigenvalue weighted by atomic mass is 10.1. The quantitative estimate of drug-likeness (QED) is 0.549. The van der Waals surface area contributed by atoms with Gasteiger partial charge in [0.05, 0.1) is 16.3 Å². The highest BCUT2D eigenvalue weighted by Crippen LogP contribution is 2.25. The van der Waals surface area contributed by atoms with Crippen molar-refractivity contribution < 1.29 is 14.1 Å². The van der Waals surface area contributed by atoms with Crippen molar-refractivity contribution in [2.45, 2.75) is 19.9 Å². The van der Waals surface area contributed by atoms with Crippen LogP contribution < -0.4 is 5.32 Å². The van der Waals surface area contributed by atoms with Gasteiger partial charge in [0.2, 0.25) is 0 Å². The van der Waals surface area contributed by atoms with E-state index in [1.165, 1.54) is 41.1 Å². The Morgan fingerprint density at radius 2 is 1.85 bits per heavy atom. The number of halogens is 1. The van der Waals surface area contributed by atoms with Gasteiger partial charge in [-0.05, 0) is 44.2 Å². The molecule has 8 heteroatoms. The molecule has 1 amide bonds. The van der Waals surface area contributed by atoms with E-state index in [2.05, 4.69) is 10.4 Å². The van der Waals surface area contributed by atoms with Gasteiger partial charge in [0, 0.05) is 23.7 Å². The minimum absolute atomic E-state index is 0.0755. The normalized spacial score (nSPS) is 10.8. The molecule has 0 fully saturated rings. The van der Waals surface area contributed by atoms with Crippen LogP contribution in [-0.4, -0.2) is 26.7 Å². The molecular weight excluding hydrogens is 351 g/mol. The Labute approximate surface area is 154 Å². The average molecular weight is 368 g/mol. The Balaban J connectivity index is 2.11. The Bertz CT molecular complexity index is 996. The van der Waals surface area contributed by atoms with Crippen LogP contribution in [0.25, 0.3) is 16.9 Å². The zero-order valence-corrected chi connectivity index (χ0v) is 14.7. The molecule has 1 aromatic heterocycles. The first-order chi connectivity index (χ1) is 12.9. The number of nitro groups is 1. The highest BCUT2D eigenvalue weighted by atomic mass is 19.1. The number of aromatic nitrogens is 2. The minimum atomic E-state index is -0.510. The predicted molar refractivity (Wildman–Crippen MR) is 98.2 cm³/mol. The SMILES string of the molecule is CC(C)NC(=O)c1cc(-c2ccccc2F)nn1-c1ccc([N+](=O)[O-])cc1. The first kappa shape index (κ1) is 18.2. The number of non-ortho nitro benzene ring substituents is 1. The lowest BCUT2D eigenvalue weighted by Crippen LogP contribution is -2.31. The van der Waals surface area contributed by atoms with Crippen molar-refractivity contribution in [1.82, 2.24) is 15.1 Å². The van der Waals surface area contributed by atoms with Crippen LogP contribution in [0.2, 0.25) is 0 Å². The molecule has 0 unspecified atom stereocenters. The van der Waals surface area contributed by atoms with Crippen LogP contribution in [-0.2, 0) is 0 Å². The molecule has 0 aliphatic carbocycles. The summed E-state index contributed by atoms with van der Waals surface area (Å²) in [7, 11) is 0. The second kappa shape index (κ2) is 7.36. The molecule has 1 heterocycles. The predicted octanol–water partition coefficient (Wildman–Crippen LogP) is 3.72. The second-order valence-corrected chi connectivity index (χ2v) is 6.21. The molecule has 27 heavy (non-hydrogen) atoms. The molecule has 0 aliphatic rings. The highest BCUT2D eigenvalue weighted by Gasteiger charge is 2.20. The maximum Gasteiger partial charge on any atom is 0.270 e. The van der Waals surface area contributed by atoms with Crippen molar-refractivity contribution in [3.8, 4) is 16.9 Å². The third-order valence-corrected chi connectivity index (χ3v) is 3.82. The van der Waals surface area contributed by atoms with Gasteiger partial charge in [0.15, 0.2) is 0 Å².